The molecule has 0 fully saturated rings. The van der Waals surface area contributed by atoms with Crippen LogP contribution in [0, 0.1) is 13.8 Å². The lowest BCUT2D eigenvalue weighted by atomic mass is 10.1. The van der Waals surface area contributed by atoms with Gasteiger partial charge in [-0.1, -0.05) is 6.07 Å². The average molecular weight is 307 g/mol. The van der Waals surface area contributed by atoms with E-state index < -0.39 is 6.10 Å². The molecular weight excluding hydrogens is 290 g/mol. The van der Waals surface area contributed by atoms with Crippen LogP contribution in [0.3, 0.4) is 0 Å². The molecule has 4 rings (SSSR count). The van der Waals surface area contributed by atoms with Crippen molar-refractivity contribution < 1.29 is 9.53 Å². The molecule has 1 unspecified atom stereocenters. The number of aryl methyl sites for hydroxylation is 2. The third-order valence-electron chi connectivity index (χ3n) is 4.19. The maximum atomic E-state index is 11.8. The highest BCUT2D eigenvalue weighted by atomic mass is 16.5. The molecule has 0 spiro atoms. The second-order valence-electron chi connectivity index (χ2n) is 5.94. The zero-order chi connectivity index (χ0) is 16.1. The summed E-state index contributed by atoms with van der Waals surface area (Å²) in [6.07, 6.45) is 1.61. The number of carbonyl (C=O) groups excluding carboxylic acids is 1. The maximum absolute atomic E-state index is 11.8. The van der Waals surface area contributed by atoms with Gasteiger partial charge in [0.2, 0.25) is 0 Å². The van der Waals surface area contributed by atoms with Gasteiger partial charge in [-0.05, 0) is 50.6 Å². The van der Waals surface area contributed by atoms with Gasteiger partial charge in [-0.3, -0.25) is 4.79 Å². The molecule has 5 heteroatoms. The van der Waals surface area contributed by atoms with Crippen LogP contribution in [0.15, 0.2) is 36.5 Å². The van der Waals surface area contributed by atoms with Crippen LogP contribution in [0.4, 0.5) is 5.69 Å². The zero-order valence-corrected chi connectivity index (χ0v) is 13.3. The first-order valence-electron chi connectivity index (χ1n) is 7.60. The van der Waals surface area contributed by atoms with Crippen molar-refractivity contribution in [1.29, 1.82) is 0 Å². The highest BCUT2D eigenvalue weighted by molar-refractivity contribution is 5.98. The van der Waals surface area contributed by atoms with E-state index in [2.05, 4.69) is 22.8 Å². The first kappa shape index (κ1) is 13.8. The van der Waals surface area contributed by atoms with Gasteiger partial charge in [-0.15, -0.1) is 0 Å². The van der Waals surface area contributed by atoms with E-state index in [4.69, 9.17) is 9.72 Å². The van der Waals surface area contributed by atoms with Gasteiger partial charge in [-0.25, -0.2) is 4.98 Å². The Morgan fingerprint density at radius 2 is 2.04 bits per heavy atom. The molecule has 1 aliphatic rings. The van der Waals surface area contributed by atoms with Gasteiger partial charge in [0.15, 0.2) is 6.10 Å². The van der Waals surface area contributed by atoms with Crippen molar-refractivity contribution in [1.82, 2.24) is 9.38 Å². The Kier molecular flexibility index (Phi) is 2.91. The minimum Gasteiger partial charge on any atom is -0.479 e. The summed E-state index contributed by atoms with van der Waals surface area (Å²) in [5.41, 5.74) is 5.73. The molecule has 1 atom stereocenters. The predicted molar refractivity (Wildman–Crippen MR) is 88.8 cm³/mol. The number of carbonyl (C=O) groups is 1. The number of benzene rings is 1. The number of nitrogens with one attached hydrogen (secondary N) is 1. The number of aromatic nitrogens is 2. The van der Waals surface area contributed by atoms with Crippen molar-refractivity contribution in [2.45, 2.75) is 26.9 Å². The molecule has 1 aliphatic heterocycles. The van der Waals surface area contributed by atoms with Crippen LogP contribution >= 0.6 is 0 Å². The lowest BCUT2D eigenvalue weighted by Crippen LogP contribution is -2.34. The molecule has 2 aromatic heterocycles. The van der Waals surface area contributed by atoms with Gasteiger partial charge in [-0.2, -0.15) is 0 Å². The maximum Gasteiger partial charge on any atom is 0.265 e. The Hall–Kier alpha value is -2.82. The van der Waals surface area contributed by atoms with Crippen molar-refractivity contribution in [3.8, 4) is 17.0 Å². The van der Waals surface area contributed by atoms with Gasteiger partial charge < -0.3 is 14.5 Å². The van der Waals surface area contributed by atoms with E-state index in [9.17, 15) is 4.79 Å². The van der Waals surface area contributed by atoms with E-state index >= 15 is 0 Å². The standard InChI is InChI=1S/C18H17N3O2/c1-10-4-7-16-20-17(11(2)21(16)9-10)13-5-6-15-14(8-13)19-18(22)12(3)23-15/h4-9,12H,1-3H3,(H,19,22). The van der Waals surface area contributed by atoms with Gasteiger partial charge in [0.05, 0.1) is 11.4 Å². The molecule has 0 saturated heterocycles. The number of rotatable bonds is 1. The fourth-order valence-corrected chi connectivity index (χ4v) is 2.90. The normalized spacial score (nSPS) is 16.8. The summed E-state index contributed by atoms with van der Waals surface area (Å²) in [4.78, 5) is 16.5. The van der Waals surface area contributed by atoms with Crippen LogP contribution in [0.2, 0.25) is 0 Å². The van der Waals surface area contributed by atoms with Gasteiger partial charge in [0.1, 0.15) is 11.4 Å². The van der Waals surface area contributed by atoms with Crippen LogP contribution in [0.1, 0.15) is 18.2 Å². The molecule has 0 aliphatic carbocycles. The molecule has 0 bridgehead atoms. The topological polar surface area (TPSA) is 55.6 Å². The quantitative estimate of drug-likeness (QED) is 0.750. The van der Waals surface area contributed by atoms with Crippen LogP contribution in [0.25, 0.3) is 16.9 Å². The summed E-state index contributed by atoms with van der Waals surface area (Å²) in [7, 11) is 0. The fraction of sp³-hybridized carbons (Fsp3) is 0.222. The Bertz CT molecular complexity index is 943. The molecule has 0 radical (unpaired) electrons. The van der Waals surface area contributed by atoms with E-state index in [0.717, 1.165) is 22.6 Å². The lowest BCUT2D eigenvalue weighted by molar-refractivity contribution is -0.122. The summed E-state index contributed by atoms with van der Waals surface area (Å²) in [5, 5.41) is 2.88. The molecule has 3 aromatic rings. The molecule has 116 valence electrons. The van der Waals surface area contributed by atoms with Crippen LogP contribution in [-0.4, -0.2) is 21.4 Å². The minimum absolute atomic E-state index is 0.128. The number of fused-ring (bicyclic) bond motifs is 2. The van der Waals surface area contributed by atoms with Gasteiger partial charge in [0.25, 0.3) is 5.91 Å². The zero-order valence-electron chi connectivity index (χ0n) is 13.3. The minimum atomic E-state index is -0.465. The van der Waals surface area contributed by atoms with E-state index in [1.807, 2.05) is 37.3 Å². The Balaban J connectivity index is 1.84. The van der Waals surface area contributed by atoms with Crippen molar-refractivity contribution in [2.24, 2.45) is 0 Å². The van der Waals surface area contributed by atoms with Crippen LogP contribution in [-0.2, 0) is 4.79 Å². The highest BCUT2D eigenvalue weighted by Crippen LogP contribution is 2.34. The summed E-state index contributed by atoms with van der Waals surface area (Å²) >= 11 is 0. The predicted octanol–water partition coefficient (Wildman–Crippen LogP) is 3.34. The van der Waals surface area contributed by atoms with Gasteiger partial charge in [0, 0.05) is 17.5 Å². The Labute approximate surface area is 133 Å². The number of imidazole rings is 1. The van der Waals surface area contributed by atoms with Crippen LogP contribution in [0.5, 0.6) is 5.75 Å². The van der Waals surface area contributed by atoms with Crippen molar-refractivity contribution in [2.75, 3.05) is 5.32 Å². The number of ether oxygens (including phenoxy) is 1. The second-order valence-corrected chi connectivity index (χ2v) is 5.94. The first-order valence-corrected chi connectivity index (χ1v) is 7.60. The van der Waals surface area contributed by atoms with Crippen LogP contribution < -0.4 is 10.1 Å². The molecular formula is C18H17N3O2. The number of anilines is 1. The molecule has 1 aromatic carbocycles. The molecule has 1 N–H and O–H groups in total. The number of hydrogen-bond donors (Lipinski definition) is 1. The molecule has 3 heterocycles. The van der Waals surface area contributed by atoms with E-state index in [0.29, 0.717) is 11.4 Å². The summed E-state index contributed by atoms with van der Waals surface area (Å²) < 4.78 is 7.69. The number of nitrogens with zero attached hydrogens (tertiary/aromatic N) is 2. The fourth-order valence-electron chi connectivity index (χ4n) is 2.90. The third-order valence-corrected chi connectivity index (χ3v) is 4.19. The van der Waals surface area contributed by atoms with Gasteiger partial charge >= 0.3 is 0 Å². The smallest absolute Gasteiger partial charge is 0.265 e. The van der Waals surface area contributed by atoms with Crippen molar-refractivity contribution in [3.05, 3.63) is 47.8 Å². The summed E-state index contributed by atoms with van der Waals surface area (Å²) in [6.45, 7) is 5.84. The summed E-state index contributed by atoms with van der Waals surface area (Å²) in [5.74, 6) is 0.565. The molecule has 23 heavy (non-hydrogen) atoms. The molecule has 1 amide bonds. The first-order chi connectivity index (χ1) is 11.0. The molecule has 5 nitrogen and oxygen atoms in total. The third kappa shape index (κ3) is 2.16. The number of amides is 1. The second kappa shape index (κ2) is 4.84. The summed E-state index contributed by atoms with van der Waals surface area (Å²) in [6, 6.07) is 9.84. The number of pyridine rings is 1. The highest BCUT2D eigenvalue weighted by Gasteiger charge is 2.24. The lowest BCUT2D eigenvalue weighted by Gasteiger charge is -2.23. The molecule has 0 saturated carbocycles. The van der Waals surface area contributed by atoms with E-state index in [1.165, 1.54) is 5.56 Å². The average Bonchev–Trinajstić information content (AvgIpc) is 2.85. The SMILES string of the molecule is Cc1ccc2nc(-c3ccc4c(c3)NC(=O)C(C)O4)c(C)n2c1. The van der Waals surface area contributed by atoms with E-state index in [-0.39, 0.29) is 5.91 Å². The monoisotopic (exact) mass is 307 g/mol. The van der Waals surface area contributed by atoms with E-state index in [1.54, 1.807) is 6.92 Å². The van der Waals surface area contributed by atoms with Crippen molar-refractivity contribution >= 4 is 17.2 Å². The number of hydrogen-bond acceptors (Lipinski definition) is 3. The largest absolute Gasteiger partial charge is 0.479 e. The Morgan fingerprint density at radius 3 is 2.87 bits per heavy atom. The Morgan fingerprint density at radius 1 is 1.22 bits per heavy atom. The van der Waals surface area contributed by atoms with Crippen molar-refractivity contribution in [3.63, 3.8) is 0 Å².